The van der Waals surface area contributed by atoms with E-state index in [0.29, 0.717) is 42.7 Å². The maximum Gasteiger partial charge on any atom is 0.289 e. The fourth-order valence-corrected chi connectivity index (χ4v) is 7.90. The van der Waals surface area contributed by atoms with Gasteiger partial charge in [-0.05, 0) is 43.6 Å². The van der Waals surface area contributed by atoms with Crippen LogP contribution in [0.1, 0.15) is 68.3 Å². The molecule has 254 valence electrons. The van der Waals surface area contributed by atoms with Gasteiger partial charge in [0.05, 0.1) is 37.3 Å². The first kappa shape index (κ1) is 33.4. The quantitative estimate of drug-likeness (QED) is 0.214. The number of furan rings is 1. The molecule has 2 saturated carbocycles. The monoisotopic (exact) mass is 658 g/mol. The van der Waals surface area contributed by atoms with Gasteiger partial charge < -0.3 is 29.6 Å². The smallest absolute Gasteiger partial charge is 0.289 e. The molecule has 0 saturated heterocycles. The number of allylic oxidation sites excluding steroid dienone is 1. The molecule has 2 aliphatic heterocycles. The molecule has 0 bridgehead atoms. The van der Waals surface area contributed by atoms with Crippen molar-refractivity contribution in [2.24, 2.45) is 44.7 Å². The van der Waals surface area contributed by atoms with Crippen LogP contribution >= 0.6 is 0 Å². The zero-order valence-corrected chi connectivity index (χ0v) is 27.5. The Bertz CT molecular complexity index is 1900. The van der Waals surface area contributed by atoms with Crippen LogP contribution in [0.4, 0.5) is 0 Å². The second-order valence-electron chi connectivity index (χ2n) is 13.7. The number of nitrogens with zero attached hydrogens (tertiary/aromatic N) is 5. The van der Waals surface area contributed by atoms with E-state index >= 15 is 0 Å². The summed E-state index contributed by atoms with van der Waals surface area (Å²) in [6, 6.07) is 0.852. The standard InChI is InChI=1S/C34H42N8O6/c1-17-21(7-6-19-12-20(48-31(19)47)13-27-39-28-29(42(27)5)40-32(35)41-30(28)46)33(3)9-8-25(45)34(4,16-43)24(33)14-22(17)38-18(2)23(44)15-26-36-10-11-37-26/h6-7,10,12-13,18,21-22,24-25,38,43,45,47H,1,8-9,11,14-16H2,2-5H3,(H2,35,41,46)/b7-6+,27-13?/t18?,21?,22?,24?,25-,33-,34+/m1/s1. The molecule has 6 rings (SSSR count). The molecule has 2 aromatic heterocycles. The summed E-state index contributed by atoms with van der Waals surface area (Å²) in [6.45, 7) is 10.7. The summed E-state index contributed by atoms with van der Waals surface area (Å²) in [4.78, 5) is 42.2. The maximum atomic E-state index is 13.1. The zero-order valence-electron chi connectivity index (χ0n) is 27.5. The minimum atomic E-state index is -0.775. The molecular weight excluding hydrogens is 616 g/mol. The Balaban J connectivity index is 1.31. The normalized spacial score (nSPS) is 31.0. The summed E-state index contributed by atoms with van der Waals surface area (Å²) in [5.74, 6) is -0.701. The number of amidine groups is 1. The first-order chi connectivity index (χ1) is 22.7. The van der Waals surface area contributed by atoms with E-state index in [9.17, 15) is 24.9 Å². The highest BCUT2D eigenvalue weighted by Crippen LogP contribution is 2.61. The van der Waals surface area contributed by atoms with Crippen molar-refractivity contribution in [3.63, 3.8) is 0 Å². The van der Waals surface area contributed by atoms with Crippen LogP contribution in [0, 0.1) is 28.1 Å². The van der Waals surface area contributed by atoms with Crippen LogP contribution < -0.4 is 21.6 Å². The van der Waals surface area contributed by atoms with Crippen molar-refractivity contribution >= 4 is 41.9 Å². The van der Waals surface area contributed by atoms with Gasteiger partial charge in [-0.15, -0.1) is 0 Å². The molecule has 4 unspecified atom stereocenters. The second-order valence-corrected chi connectivity index (χ2v) is 13.7. The van der Waals surface area contributed by atoms with Gasteiger partial charge in [-0.1, -0.05) is 38.2 Å². The Morgan fingerprint density at radius 1 is 1.38 bits per heavy atom. The Morgan fingerprint density at radius 3 is 2.85 bits per heavy atom. The van der Waals surface area contributed by atoms with Crippen molar-refractivity contribution in [2.75, 3.05) is 13.2 Å². The highest BCUT2D eigenvalue weighted by atomic mass is 16.5. The van der Waals surface area contributed by atoms with Gasteiger partial charge >= 0.3 is 0 Å². The van der Waals surface area contributed by atoms with Crippen molar-refractivity contribution in [1.82, 2.24) is 20.2 Å². The third-order valence-corrected chi connectivity index (χ3v) is 10.8. The predicted molar refractivity (Wildman–Crippen MR) is 178 cm³/mol. The highest BCUT2D eigenvalue weighted by Gasteiger charge is 2.59. The number of aliphatic hydroxyl groups excluding tert-OH is 2. The SMILES string of the molecule is C=C1C(NC(C)C(=O)CC2=NCC=N2)CC2[C@](C)(CC[C@@H](O)[C@@]2(C)CO)C1/C=C/c1cc(C=c2nc3c(n2C)=NC(=N)NC3=O)oc1O. The number of aliphatic imine (C=N–C) groups is 2. The molecule has 2 fully saturated rings. The first-order valence-corrected chi connectivity index (χ1v) is 16.1. The average molecular weight is 659 g/mol. The molecule has 0 aromatic carbocycles. The fraction of sp³-hybridized carbons (Fsp3) is 0.500. The number of nitrogens with one attached hydrogen (secondary N) is 3. The number of guanidine groups is 1. The van der Waals surface area contributed by atoms with Crippen molar-refractivity contribution < 1.29 is 29.3 Å². The van der Waals surface area contributed by atoms with Crippen LogP contribution in [-0.2, 0) is 11.8 Å². The van der Waals surface area contributed by atoms with E-state index < -0.39 is 23.5 Å². The molecular formula is C34H42N8O6. The van der Waals surface area contributed by atoms with E-state index in [1.54, 1.807) is 36.0 Å². The Kier molecular flexibility index (Phi) is 8.68. The number of amides is 1. The lowest BCUT2D eigenvalue weighted by atomic mass is 9.45. The van der Waals surface area contributed by atoms with E-state index in [1.807, 2.05) is 19.9 Å². The number of rotatable bonds is 9. The topological polar surface area (TPSA) is 211 Å². The van der Waals surface area contributed by atoms with E-state index in [-0.39, 0.29) is 71.0 Å². The Morgan fingerprint density at radius 2 is 2.15 bits per heavy atom. The van der Waals surface area contributed by atoms with E-state index in [0.717, 1.165) is 5.57 Å². The summed E-state index contributed by atoms with van der Waals surface area (Å²) in [5, 5.41) is 46.0. The summed E-state index contributed by atoms with van der Waals surface area (Å²) in [5.41, 5.74) is 0.804. The molecule has 4 heterocycles. The molecule has 14 heteroatoms. The third-order valence-electron chi connectivity index (χ3n) is 10.8. The summed E-state index contributed by atoms with van der Waals surface area (Å²) in [6.07, 6.45) is 8.24. The molecule has 2 aliphatic carbocycles. The van der Waals surface area contributed by atoms with Crippen molar-refractivity contribution in [3.8, 4) is 5.95 Å². The number of aromatic hydroxyl groups is 1. The number of hydrogen-bond acceptors (Lipinski definition) is 11. The second kappa shape index (κ2) is 12.5. The minimum absolute atomic E-state index is 0.0390. The lowest BCUT2D eigenvalue weighted by Gasteiger charge is -2.61. The lowest BCUT2D eigenvalue weighted by molar-refractivity contribution is -0.149. The van der Waals surface area contributed by atoms with Gasteiger partial charge in [0.2, 0.25) is 5.96 Å². The third kappa shape index (κ3) is 5.77. The van der Waals surface area contributed by atoms with Crippen LogP contribution in [0.15, 0.2) is 43.7 Å². The maximum absolute atomic E-state index is 13.1. The molecule has 14 nitrogen and oxygen atoms in total. The predicted octanol–water partition coefficient (Wildman–Crippen LogP) is 0.999. The van der Waals surface area contributed by atoms with Crippen LogP contribution in [-0.4, -0.2) is 85.9 Å². The van der Waals surface area contributed by atoms with Gasteiger partial charge in [0.1, 0.15) is 17.1 Å². The van der Waals surface area contributed by atoms with E-state index in [1.165, 1.54) is 0 Å². The van der Waals surface area contributed by atoms with Gasteiger partial charge in [0.15, 0.2) is 17.0 Å². The molecule has 7 atom stereocenters. The summed E-state index contributed by atoms with van der Waals surface area (Å²) in [7, 11) is 1.67. The number of carbonyl (C=O) groups is 2. The molecule has 0 spiro atoms. The largest absolute Gasteiger partial charge is 0.480 e. The zero-order chi connectivity index (χ0) is 34.5. The van der Waals surface area contributed by atoms with Gasteiger partial charge in [0.25, 0.3) is 11.9 Å². The van der Waals surface area contributed by atoms with Crippen molar-refractivity contribution in [3.05, 3.63) is 52.3 Å². The van der Waals surface area contributed by atoms with Crippen LogP contribution in [0.2, 0.25) is 0 Å². The van der Waals surface area contributed by atoms with Gasteiger partial charge in [-0.3, -0.25) is 25.3 Å². The minimum Gasteiger partial charge on any atom is -0.480 e. The Hall–Kier alpha value is -4.53. The molecule has 4 aliphatic rings. The van der Waals surface area contributed by atoms with Gasteiger partial charge in [-0.2, -0.15) is 4.99 Å². The van der Waals surface area contributed by atoms with Crippen LogP contribution in [0.5, 0.6) is 5.95 Å². The number of carbonyl (C=O) groups excluding carboxylic acids is 2. The molecule has 1 amide bonds. The molecule has 48 heavy (non-hydrogen) atoms. The lowest BCUT2D eigenvalue weighted by Crippen LogP contribution is -2.61. The molecule has 6 N–H and O–H groups in total. The van der Waals surface area contributed by atoms with E-state index in [4.69, 9.17) is 9.83 Å². The number of fused-ring (bicyclic) bond motifs is 2. The first-order valence-electron chi connectivity index (χ1n) is 16.1. The summed E-state index contributed by atoms with van der Waals surface area (Å²) >= 11 is 0. The number of ketones is 1. The number of hydrogen-bond donors (Lipinski definition) is 6. The van der Waals surface area contributed by atoms with Crippen LogP contribution in [0.3, 0.4) is 0 Å². The van der Waals surface area contributed by atoms with Crippen molar-refractivity contribution in [1.29, 1.82) is 5.41 Å². The van der Waals surface area contributed by atoms with Gasteiger partial charge in [-0.25, -0.2) is 9.98 Å². The number of aliphatic hydroxyl groups is 2. The number of imidazole rings is 1. The van der Waals surface area contributed by atoms with E-state index in [2.05, 4.69) is 44.1 Å². The highest BCUT2D eigenvalue weighted by molar-refractivity contribution is 6.07. The fourth-order valence-electron chi connectivity index (χ4n) is 7.90. The Labute approximate surface area is 277 Å². The molecule has 0 radical (unpaired) electrons. The molecule has 2 aromatic rings. The van der Waals surface area contributed by atoms with Crippen LogP contribution in [0.25, 0.3) is 12.2 Å². The van der Waals surface area contributed by atoms with Gasteiger partial charge in [0, 0.05) is 36.7 Å². The van der Waals surface area contributed by atoms with Crippen molar-refractivity contribution in [2.45, 2.75) is 64.6 Å². The average Bonchev–Trinajstić information content (AvgIpc) is 3.76. The summed E-state index contributed by atoms with van der Waals surface area (Å²) < 4.78 is 7.20. The number of aromatic nitrogens is 2. The number of Topliss-reactive ketones (excluding diaryl/α,β-unsaturated/α-hetero) is 1.